The number of imidazole rings is 1. The normalized spacial score (nSPS) is 24.0. The van der Waals surface area contributed by atoms with E-state index < -0.39 is 42.1 Å². The molecule has 2 aliphatic heterocycles. The highest BCUT2D eigenvalue weighted by atomic mass is 19.3. The van der Waals surface area contributed by atoms with E-state index in [0.29, 0.717) is 35.4 Å². The van der Waals surface area contributed by atoms with Crippen LogP contribution in [-0.2, 0) is 16.6 Å². The zero-order valence-electron chi connectivity index (χ0n) is 29.6. The van der Waals surface area contributed by atoms with Crippen molar-refractivity contribution in [2.45, 2.75) is 75.5 Å². The molecule has 4 aromatic heterocycles. The number of nitrogens with one attached hydrogen (secondary N) is 2. The number of amides is 3. The second kappa shape index (κ2) is 14.5. The van der Waals surface area contributed by atoms with Crippen molar-refractivity contribution in [1.82, 2.24) is 39.1 Å². The number of pyridine rings is 2. The number of fused-ring (bicyclic) bond motifs is 2. The van der Waals surface area contributed by atoms with Crippen molar-refractivity contribution in [3.8, 4) is 0 Å². The van der Waals surface area contributed by atoms with E-state index in [1.54, 1.807) is 25.4 Å². The molecular formula is C38H40F3N9O4. The second-order valence-electron chi connectivity index (χ2n) is 14.7. The third-order valence-electron chi connectivity index (χ3n) is 11.3. The van der Waals surface area contributed by atoms with Gasteiger partial charge in [0, 0.05) is 44.1 Å². The van der Waals surface area contributed by atoms with Crippen LogP contribution in [0, 0.1) is 5.92 Å². The maximum Gasteiger partial charge on any atom is 0.329 e. The van der Waals surface area contributed by atoms with Gasteiger partial charge in [-0.2, -0.15) is 5.10 Å². The van der Waals surface area contributed by atoms with Gasteiger partial charge in [-0.3, -0.25) is 33.5 Å². The van der Waals surface area contributed by atoms with Crippen LogP contribution in [0.4, 0.5) is 19.0 Å². The monoisotopic (exact) mass is 743 g/mol. The van der Waals surface area contributed by atoms with E-state index in [1.807, 2.05) is 23.0 Å². The second-order valence-corrected chi connectivity index (χ2v) is 14.7. The Morgan fingerprint density at radius 3 is 2.59 bits per heavy atom. The standard InChI is InChI=1S/C38H40F3N9O4/c1-47-34-25(4-2-7-30(34)50(38(47)54)31-12-13-33(51)45-37(31)53)24-14-15-48(20-26(24)39)18-21-8-10-23(11-9-21)49-19-22-16-32(42-17-29(22)46-49)44-36(52)28-6-3-5-27(43-28)35(40)41/h2-7,16-17,19,21,23-24,26,31,35H,8-15,18,20H2,1H3,(H,44,52)(H,45,51,53)/t21-,23-,24-,26-,31?/m1/s1. The average Bonchev–Trinajstić information content (AvgIpc) is 3.70. The molecule has 1 saturated carbocycles. The fourth-order valence-electron chi connectivity index (χ4n) is 8.52. The van der Waals surface area contributed by atoms with Gasteiger partial charge in [0.1, 0.15) is 34.9 Å². The van der Waals surface area contributed by atoms with Crippen molar-refractivity contribution in [1.29, 1.82) is 0 Å². The number of hydrogen-bond donors (Lipinski definition) is 2. The molecule has 1 aliphatic carbocycles. The Labute approximate surface area is 307 Å². The molecule has 8 rings (SSSR count). The highest BCUT2D eigenvalue weighted by Crippen LogP contribution is 2.38. The largest absolute Gasteiger partial charge is 0.329 e. The zero-order valence-corrected chi connectivity index (χ0v) is 29.6. The Morgan fingerprint density at radius 2 is 1.83 bits per heavy atom. The summed E-state index contributed by atoms with van der Waals surface area (Å²) in [6.07, 6.45) is 4.35. The molecule has 1 unspecified atom stereocenters. The van der Waals surface area contributed by atoms with Crippen LogP contribution < -0.4 is 16.3 Å². The van der Waals surface area contributed by atoms with Crippen LogP contribution in [0.1, 0.15) is 91.1 Å². The number of aryl methyl sites for hydroxylation is 1. The van der Waals surface area contributed by atoms with Gasteiger partial charge in [-0.1, -0.05) is 18.2 Å². The summed E-state index contributed by atoms with van der Waals surface area (Å²) in [6.45, 7) is 1.83. The lowest BCUT2D eigenvalue weighted by atomic mass is 9.83. The number of likely N-dealkylation sites (tertiary alicyclic amines) is 1. The van der Waals surface area contributed by atoms with Crippen LogP contribution in [0.3, 0.4) is 0 Å². The number of alkyl halides is 3. The van der Waals surface area contributed by atoms with Gasteiger partial charge in [0.25, 0.3) is 12.3 Å². The van der Waals surface area contributed by atoms with Crippen LogP contribution in [0.2, 0.25) is 0 Å². The minimum Gasteiger partial charge on any atom is -0.305 e. The molecule has 0 spiro atoms. The molecule has 2 N–H and O–H groups in total. The number of halogens is 3. The molecule has 0 radical (unpaired) electrons. The molecule has 13 nitrogen and oxygen atoms in total. The summed E-state index contributed by atoms with van der Waals surface area (Å²) in [5.74, 6) is -1.19. The molecule has 3 atom stereocenters. The SMILES string of the molecule is Cn1c(=O)n(C2CCC(=O)NC2=O)c2cccc([C@H]3CCN(C[C@H]4CC[C@H](n5cc6cc(NC(=O)c7cccc(C(F)F)n7)ncc6n5)CC4)C[C@H]3F)c21. The van der Waals surface area contributed by atoms with Gasteiger partial charge in [0.05, 0.1) is 23.3 Å². The van der Waals surface area contributed by atoms with E-state index in [2.05, 4.69) is 25.5 Å². The van der Waals surface area contributed by atoms with Gasteiger partial charge in [0.2, 0.25) is 11.8 Å². The maximum absolute atomic E-state index is 16.1. The quantitative estimate of drug-likeness (QED) is 0.206. The Bertz CT molecular complexity index is 2310. The number of benzene rings is 1. The summed E-state index contributed by atoms with van der Waals surface area (Å²) in [7, 11) is 1.65. The third kappa shape index (κ3) is 6.78. The molecule has 2 saturated heterocycles. The van der Waals surface area contributed by atoms with Crippen LogP contribution in [0.15, 0.2) is 59.7 Å². The van der Waals surface area contributed by atoms with Crippen molar-refractivity contribution >= 4 is 45.5 Å². The summed E-state index contributed by atoms with van der Waals surface area (Å²) in [5.41, 5.74) is 1.68. The van der Waals surface area contributed by atoms with Gasteiger partial charge < -0.3 is 10.2 Å². The highest BCUT2D eigenvalue weighted by molar-refractivity contribution is 6.03. The summed E-state index contributed by atoms with van der Waals surface area (Å²) in [4.78, 5) is 60.7. The van der Waals surface area contributed by atoms with Crippen molar-refractivity contribution in [3.63, 3.8) is 0 Å². The molecule has 54 heavy (non-hydrogen) atoms. The van der Waals surface area contributed by atoms with Crippen molar-refractivity contribution in [2.24, 2.45) is 13.0 Å². The lowest BCUT2D eigenvalue weighted by molar-refractivity contribution is -0.135. The number of carbonyl (C=O) groups excluding carboxylic acids is 3. The number of para-hydroxylation sites is 1. The zero-order chi connectivity index (χ0) is 37.7. The lowest BCUT2D eigenvalue weighted by Crippen LogP contribution is -2.44. The first-order chi connectivity index (χ1) is 26.0. The fourth-order valence-corrected chi connectivity index (χ4v) is 8.52. The first-order valence-electron chi connectivity index (χ1n) is 18.4. The number of aromatic nitrogens is 6. The Balaban J connectivity index is 0.874. The number of nitrogens with zero attached hydrogens (tertiary/aromatic N) is 7. The van der Waals surface area contributed by atoms with Crippen LogP contribution in [0.5, 0.6) is 0 Å². The average molecular weight is 744 g/mol. The van der Waals surface area contributed by atoms with E-state index in [-0.39, 0.29) is 42.0 Å². The van der Waals surface area contributed by atoms with Gasteiger partial charge in [-0.15, -0.1) is 0 Å². The minimum atomic E-state index is -2.78. The van der Waals surface area contributed by atoms with Crippen molar-refractivity contribution in [3.05, 3.63) is 82.3 Å². The molecule has 1 aromatic carbocycles. The Kier molecular flexibility index (Phi) is 9.54. The molecule has 5 aromatic rings. The first-order valence-corrected chi connectivity index (χ1v) is 18.4. The lowest BCUT2D eigenvalue weighted by Gasteiger charge is -2.38. The van der Waals surface area contributed by atoms with Crippen LogP contribution in [-0.4, -0.2) is 77.3 Å². The van der Waals surface area contributed by atoms with E-state index in [4.69, 9.17) is 5.10 Å². The highest BCUT2D eigenvalue weighted by Gasteiger charge is 2.36. The number of imide groups is 1. The number of anilines is 1. The summed E-state index contributed by atoms with van der Waals surface area (Å²) >= 11 is 0. The van der Waals surface area contributed by atoms with Gasteiger partial charge in [0.15, 0.2) is 0 Å². The predicted octanol–water partition coefficient (Wildman–Crippen LogP) is 5.21. The van der Waals surface area contributed by atoms with E-state index in [1.165, 1.54) is 27.3 Å². The van der Waals surface area contributed by atoms with E-state index >= 15 is 4.39 Å². The molecule has 3 amide bonds. The Morgan fingerprint density at radius 1 is 1.04 bits per heavy atom. The Hall–Kier alpha value is -5.38. The molecule has 16 heteroatoms. The topological polar surface area (TPSA) is 149 Å². The third-order valence-corrected chi connectivity index (χ3v) is 11.3. The van der Waals surface area contributed by atoms with Crippen LogP contribution in [0.25, 0.3) is 21.9 Å². The number of hydrogen-bond acceptors (Lipinski definition) is 8. The molecule has 3 aliphatic rings. The summed E-state index contributed by atoms with van der Waals surface area (Å²) < 4.78 is 47.0. The molecule has 0 bridgehead atoms. The number of rotatable bonds is 8. The molecule has 282 valence electrons. The van der Waals surface area contributed by atoms with Gasteiger partial charge >= 0.3 is 5.69 Å². The number of carbonyl (C=O) groups is 3. The number of piperidine rings is 2. The van der Waals surface area contributed by atoms with E-state index in [0.717, 1.165) is 49.7 Å². The summed E-state index contributed by atoms with van der Waals surface area (Å²) in [6, 6.07) is 10.5. The molecule has 6 heterocycles. The van der Waals surface area contributed by atoms with Crippen molar-refractivity contribution in [2.75, 3.05) is 25.0 Å². The first kappa shape index (κ1) is 35.6. The smallest absolute Gasteiger partial charge is 0.305 e. The fraction of sp³-hybridized carbons (Fsp3) is 0.447. The van der Waals surface area contributed by atoms with Gasteiger partial charge in [-0.25, -0.2) is 27.9 Å². The van der Waals surface area contributed by atoms with Gasteiger partial charge in [-0.05, 0) is 80.8 Å². The predicted molar refractivity (Wildman–Crippen MR) is 193 cm³/mol. The summed E-state index contributed by atoms with van der Waals surface area (Å²) in [5, 5.41) is 10.5. The van der Waals surface area contributed by atoms with Crippen LogP contribution >= 0.6 is 0 Å². The van der Waals surface area contributed by atoms with Crippen molar-refractivity contribution < 1.29 is 27.6 Å². The minimum absolute atomic E-state index is 0.126. The van der Waals surface area contributed by atoms with E-state index in [9.17, 15) is 28.0 Å². The molecular weight excluding hydrogens is 703 g/mol. The molecule has 3 fully saturated rings. The maximum atomic E-state index is 16.1.